The molecule has 0 aromatic heterocycles. The molecular weight excluding hydrogens is 136 g/mol. The Morgan fingerprint density at radius 3 is 2.20 bits per heavy atom. The molecule has 0 unspecified atom stereocenters. The molecule has 0 amide bonds. The van der Waals surface area contributed by atoms with Crippen LogP contribution in [0.2, 0.25) is 24.2 Å². The van der Waals surface area contributed by atoms with E-state index in [1.165, 1.54) is 6.42 Å². The van der Waals surface area contributed by atoms with E-state index in [2.05, 4.69) is 30.9 Å². The standard InChI is InChI=1S/C9H14Si/c1-10(7-4-8-10)9-5-2-3-6-9/h2-3,5-6,9H,4,7-8H2,1H3. The van der Waals surface area contributed by atoms with Crippen LogP contribution in [0.15, 0.2) is 24.3 Å². The summed E-state index contributed by atoms with van der Waals surface area (Å²) in [6.45, 7) is 2.54. The van der Waals surface area contributed by atoms with Crippen molar-refractivity contribution in [2.75, 3.05) is 0 Å². The van der Waals surface area contributed by atoms with Crippen LogP contribution in [-0.4, -0.2) is 8.07 Å². The van der Waals surface area contributed by atoms with Crippen LogP contribution in [-0.2, 0) is 0 Å². The summed E-state index contributed by atoms with van der Waals surface area (Å²) in [5.74, 6) is 0. The van der Waals surface area contributed by atoms with E-state index in [0.29, 0.717) is 0 Å². The van der Waals surface area contributed by atoms with Crippen molar-refractivity contribution in [3.05, 3.63) is 24.3 Å². The van der Waals surface area contributed by atoms with Crippen LogP contribution in [0.4, 0.5) is 0 Å². The van der Waals surface area contributed by atoms with E-state index in [9.17, 15) is 0 Å². The van der Waals surface area contributed by atoms with Gasteiger partial charge in [-0.25, -0.2) is 0 Å². The third kappa shape index (κ3) is 0.806. The van der Waals surface area contributed by atoms with E-state index in [1.54, 1.807) is 12.1 Å². The van der Waals surface area contributed by atoms with Crippen LogP contribution in [0.25, 0.3) is 0 Å². The smallest absolute Gasteiger partial charge is 0.0618 e. The van der Waals surface area contributed by atoms with E-state index < -0.39 is 8.07 Å². The van der Waals surface area contributed by atoms with Crippen molar-refractivity contribution in [3.8, 4) is 0 Å². The lowest BCUT2D eigenvalue weighted by atomic mass is 10.4. The second-order valence-corrected chi connectivity index (χ2v) is 8.78. The normalized spacial score (nSPS) is 28.9. The Balaban J connectivity index is 2.10. The summed E-state index contributed by atoms with van der Waals surface area (Å²) >= 11 is 0. The fourth-order valence-corrected chi connectivity index (χ4v) is 5.25. The Hall–Kier alpha value is -0.303. The Morgan fingerprint density at radius 2 is 1.80 bits per heavy atom. The summed E-state index contributed by atoms with van der Waals surface area (Å²) in [7, 11) is -0.737. The number of rotatable bonds is 1. The minimum absolute atomic E-state index is 0.737. The van der Waals surface area contributed by atoms with Gasteiger partial charge in [0, 0.05) is 0 Å². The average molecular weight is 150 g/mol. The number of hydrogen-bond acceptors (Lipinski definition) is 0. The maximum Gasteiger partial charge on any atom is 0.0618 e. The molecule has 0 nitrogen and oxygen atoms in total. The van der Waals surface area contributed by atoms with Crippen LogP contribution in [0.1, 0.15) is 6.42 Å². The highest BCUT2D eigenvalue weighted by atomic mass is 28.3. The Morgan fingerprint density at radius 1 is 1.20 bits per heavy atom. The van der Waals surface area contributed by atoms with Gasteiger partial charge in [0.25, 0.3) is 0 Å². The largest absolute Gasteiger partial charge is 0.0803 e. The Bertz CT molecular complexity index is 175. The molecule has 2 rings (SSSR count). The third-order valence-corrected chi connectivity index (χ3v) is 8.03. The Labute approximate surface area is 63.6 Å². The van der Waals surface area contributed by atoms with E-state index >= 15 is 0 Å². The van der Waals surface area contributed by atoms with Crippen molar-refractivity contribution in [3.63, 3.8) is 0 Å². The molecule has 2 aliphatic rings. The zero-order valence-corrected chi connectivity index (χ0v) is 7.51. The van der Waals surface area contributed by atoms with Crippen molar-refractivity contribution in [2.24, 2.45) is 0 Å². The maximum atomic E-state index is 2.54. The summed E-state index contributed by atoms with van der Waals surface area (Å²) < 4.78 is 0. The van der Waals surface area contributed by atoms with Gasteiger partial charge in [-0.15, -0.1) is 0 Å². The number of hydrogen-bond donors (Lipinski definition) is 0. The van der Waals surface area contributed by atoms with E-state index in [0.717, 1.165) is 5.54 Å². The molecule has 1 heteroatoms. The summed E-state index contributed by atoms with van der Waals surface area (Å²) in [5, 5.41) is 0. The van der Waals surface area contributed by atoms with Crippen LogP contribution in [0, 0.1) is 0 Å². The summed E-state index contributed by atoms with van der Waals surface area (Å²) in [5.41, 5.74) is 0.890. The predicted molar refractivity (Wildman–Crippen MR) is 47.9 cm³/mol. The monoisotopic (exact) mass is 150 g/mol. The zero-order chi connectivity index (χ0) is 7.03. The van der Waals surface area contributed by atoms with Crippen LogP contribution in [0.5, 0.6) is 0 Å². The summed E-state index contributed by atoms with van der Waals surface area (Å²) in [6, 6.07) is 3.12. The van der Waals surface area contributed by atoms with Gasteiger partial charge in [-0.3, -0.25) is 0 Å². The molecule has 1 aliphatic carbocycles. The second kappa shape index (κ2) is 2.09. The van der Waals surface area contributed by atoms with E-state index in [-0.39, 0.29) is 0 Å². The molecule has 1 heterocycles. The summed E-state index contributed by atoms with van der Waals surface area (Å²) in [4.78, 5) is 0. The molecule has 1 aliphatic heterocycles. The molecule has 0 bridgehead atoms. The second-order valence-electron chi connectivity index (χ2n) is 3.80. The van der Waals surface area contributed by atoms with Crippen molar-refractivity contribution in [2.45, 2.75) is 30.6 Å². The molecule has 0 N–H and O–H groups in total. The van der Waals surface area contributed by atoms with Crippen molar-refractivity contribution in [1.29, 1.82) is 0 Å². The SMILES string of the molecule is C[Si]1(C2C=CC=C2)CCC1. The highest BCUT2D eigenvalue weighted by Crippen LogP contribution is 2.44. The molecule has 0 aromatic rings. The van der Waals surface area contributed by atoms with Gasteiger partial charge in [0.2, 0.25) is 0 Å². The van der Waals surface area contributed by atoms with Gasteiger partial charge in [-0.2, -0.15) is 0 Å². The van der Waals surface area contributed by atoms with Crippen LogP contribution >= 0.6 is 0 Å². The molecule has 1 fully saturated rings. The van der Waals surface area contributed by atoms with E-state index in [1.807, 2.05) is 0 Å². The van der Waals surface area contributed by atoms with Gasteiger partial charge < -0.3 is 0 Å². The first-order valence-electron chi connectivity index (χ1n) is 4.16. The third-order valence-electron chi connectivity index (χ3n) is 3.05. The molecule has 0 atom stereocenters. The lowest BCUT2D eigenvalue weighted by molar-refractivity contribution is 0.872. The quantitative estimate of drug-likeness (QED) is 0.504. The van der Waals surface area contributed by atoms with Gasteiger partial charge >= 0.3 is 0 Å². The number of allylic oxidation sites excluding steroid dienone is 4. The van der Waals surface area contributed by atoms with Crippen molar-refractivity contribution < 1.29 is 0 Å². The summed E-state index contributed by atoms with van der Waals surface area (Å²) in [6.07, 6.45) is 10.7. The molecule has 54 valence electrons. The topological polar surface area (TPSA) is 0 Å². The van der Waals surface area contributed by atoms with Gasteiger partial charge in [0.05, 0.1) is 8.07 Å². The minimum Gasteiger partial charge on any atom is -0.0803 e. The van der Waals surface area contributed by atoms with Crippen LogP contribution in [0.3, 0.4) is 0 Å². The zero-order valence-electron chi connectivity index (χ0n) is 6.51. The van der Waals surface area contributed by atoms with Gasteiger partial charge in [-0.1, -0.05) is 49.4 Å². The van der Waals surface area contributed by atoms with E-state index in [4.69, 9.17) is 0 Å². The molecule has 1 saturated heterocycles. The molecule has 0 radical (unpaired) electrons. The lowest BCUT2D eigenvalue weighted by Crippen LogP contribution is -2.41. The Kier molecular flexibility index (Phi) is 1.34. The molecule has 10 heavy (non-hydrogen) atoms. The fourth-order valence-electron chi connectivity index (χ4n) is 1.96. The van der Waals surface area contributed by atoms with Gasteiger partial charge in [0.15, 0.2) is 0 Å². The molecule has 0 spiro atoms. The molecule has 0 saturated carbocycles. The first-order valence-corrected chi connectivity index (χ1v) is 7.15. The van der Waals surface area contributed by atoms with Crippen molar-refractivity contribution in [1.82, 2.24) is 0 Å². The van der Waals surface area contributed by atoms with Gasteiger partial charge in [0.1, 0.15) is 0 Å². The van der Waals surface area contributed by atoms with Crippen LogP contribution < -0.4 is 0 Å². The lowest BCUT2D eigenvalue weighted by Gasteiger charge is -2.40. The average Bonchev–Trinajstić information content (AvgIpc) is 2.33. The fraction of sp³-hybridized carbons (Fsp3) is 0.556. The highest BCUT2D eigenvalue weighted by Gasteiger charge is 2.39. The maximum absolute atomic E-state index is 2.54. The predicted octanol–water partition coefficient (Wildman–Crippen LogP) is 2.96. The van der Waals surface area contributed by atoms with Gasteiger partial charge in [-0.05, 0) is 5.54 Å². The highest BCUT2D eigenvalue weighted by molar-refractivity contribution is 6.83. The molecule has 0 aromatic carbocycles. The first kappa shape index (κ1) is 6.41. The van der Waals surface area contributed by atoms with Crippen molar-refractivity contribution >= 4 is 8.07 Å². The minimum atomic E-state index is -0.737. The first-order chi connectivity index (χ1) is 4.81. The molecular formula is C9H14Si.